The summed E-state index contributed by atoms with van der Waals surface area (Å²) in [6, 6.07) is 4.28. The first-order valence-electron chi connectivity index (χ1n) is 7.71. The molecule has 1 rings (SSSR count). The quantitative estimate of drug-likeness (QED) is 0.508. The summed E-state index contributed by atoms with van der Waals surface area (Å²) in [5.74, 6) is -1.39. The summed E-state index contributed by atoms with van der Waals surface area (Å²) in [6.45, 7) is 9.07. The van der Waals surface area contributed by atoms with Gasteiger partial charge in [0.2, 0.25) is 0 Å². The second kappa shape index (κ2) is 7.72. The summed E-state index contributed by atoms with van der Waals surface area (Å²) >= 11 is 1.44. The van der Waals surface area contributed by atoms with Gasteiger partial charge in [-0.3, -0.25) is 0 Å². The molecule has 0 amide bonds. The molecule has 10 heteroatoms. The van der Waals surface area contributed by atoms with Crippen molar-refractivity contribution in [3.05, 3.63) is 28.2 Å². The van der Waals surface area contributed by atoms with Crippen LogP contribution in [-0.4, -0.2) is 33.2 Å². The standard InChI is InChI=1S/C16H23BrFN3O3S2/c1-14(2,3)25(22)21-16(6,10-26(23,24)15(4,5)9-19)13-11(18)7-8-12(17)20-13/h7-8,21H,10H2,1-6H3/t16?,25-/m1/s1. The van der Waals surface area contributed by atoms with Crippen LogP contribution < -0.4 is 4.72 Å². The minimum atomic E-state index is -4.02. The summed E-state index contributed by atoms with van der Waals surface area (Å²) in [5.41, 5.74) is -1.80. The molecule has 0 spiro atoms. The highest BCUT2D eigenvalue weighted by molar-refractivity contribution is 9.10. The molecule has 0 saturated carbocycles. The van der Waals surface area contributed by atoms with Gasteiger partial charge in [0.05, 0.1) is 11.8 Å². The van der Waals surface area contributed by atoms with Gasteiger partial charge in [-0.25, -0.2) is 17.8 Å². The predicted molar refractivity (Wildman–Crippen MR) is 104 cm³/mol. The van der Waals surface area contributed by atoms with Crippen molar-refractivity contribution >= 4 is 37.1 Å². The number of halogens is 2. The maximum absolute atomic E-state index is 14.5. The number of nitrogens with one attached hydrogen (secondary N) is 1. The van der Waals surface area contributed by atoms with Crippen molar-refractivity contribution < 1.29 is 17.4 Å². The molecule has 1 N–H and O–H groups in total. The van der Waals surface area contributed by atoms with Crippen molar-refractivity contribution in [1.82, 2.24) is 9.71 Å². The highest BCUT2D eigenvalue weighted by Gasteiger charge is 2.47. The second-order valence-electron chi connectivity index (χ2n) is 7.66. The molecule has 0 aliphatic heterocycles. The van der Waals surface area contributed by atoms with E-state index in [1.54, 1.807) is 26.8 Å². The van der Waals surface area contributed by atoms with Gasteiger partial charge in [0, 0.05) is 11.4 Å². The number of hydrogen-bond acceptors (Lipinski definition) is 6. The normalized spacial score (nSPS) is 16.6. The summed E-state index contributed by atoms with van der Waals surface area (Å²) < 4.78 is 53.3. The molecule has 0 saturated heterocycles. The second-order valence-corrected chi connectivity index (χ2v) is 13.0. The molecule has 2 atom stereocenters. The van der Waals surface area contributed by atoms with Crippen LogP contribution in [-0.2, 0) is 26.7 Å². The van der Waals surface area contributed by atoms with E-state index < -0.39 is 47.8 Å². The van der Waals surface area contributed by atoms with Crippen LogP contribution in [0.15, 0.2) is 16.7 Å². The third-order valence-electron chi connectivity index (χ3n) is 3.73. The van der Waals surface area contributed by atoms with Crippen LogP contribution in [0.2, 0.25) is 0 Å². The molecular formula is C16H23BrFN3O3S2. The van der Waals surface area contributed by atoms with E-state index in [-0.39, 0.29) is 5.69 Å². The Kier molecular flexibility index (Phi) is 6.92. The Morgan fingerprint density at radius 3 is 2.31 bits per heavy atom. The fourth-order valence-corrected chi connectivity index (χ4v) is 4.69. The zero-order valence-corrected chi connectivity index (χ0v) is 18.8. The summed E-state index contributed by atoms with van der Waals surface area (Å²) in [5, 5.41) is 9.20. The van der Waals surface area contributed by atoms with Crippen LogP contribution in [0.3, 0.4) is 0 Å². The fourth-order valence-electron chi connectivity index (χ4n) is 1.94. The highest BCUT2D eigenvalue weighted by Crippen LogP contribution is 2.31. The molecule has 26 heavy (non-hydrogen) atoms. The summed E-state index contributed by atoms with van der Waals surface area (Å²) in [4.78, 5) is 4.07. The summed E-state index contributed by atoms with van der Waals surface area (Å²) in [7, 11) is -4.02. The van der Waals surface area contributed by atoms with Gasteiger partial charge in [0.15, 0.2) is 14.6 Å². The topological polar surface area (TPSA) is 106 Å². The van der Waals surface area contributed by atoms with Gasteiger partial charge in [-0.05, 0) is 69.6 Å². The Bertz CT molecular complexity index is 819. The molecule has 0 radical (unpaired) electrons. The number of pyridine rings is 1. The molecule has 0 bridgehead atoms. The van der Waals surface area contributed by atoms with Gasteiger partial charge >= 0.3 is 0 Å². The van der Waals surface area contributed by atoms with Gasteiger partial charge in [0.1, 0.15) is 26.4 Å². The van der Waals surface area contributed by atoms with Crippen molar-refractivity contribution in [2.45, 2.75) is 56.6 Å². The lowest BCUT2D eigenvalue weighted by atomic mass is 10.0. The largest absolute Gasteiger partial charge is 0.598 e. The number of nitriles is 1. The SMILES string of the molecule is CC(CS(=O)(=O)C(C)(C)C#N)(N[S@+]([O-])C(C)(C)C)c1nc(Br)ccc1F. The Hall–Kier alpha value is -0.730. The van der Waals surface area contributed by atoms with Gasteiger partial charge in [-0.15, -0.1) is 4.72 Å². The average molecular weight is 468 g/mol. The molecule has 146 valence electrons. The van der Waals surface area contributed by atoms with E-state index in [1.165, 1.54) is 26.8 Å². The first-order chi connectivity index (χ1) is 11.6. The van der Waals surface area contributed by atoms with Crippen LogP contribution in [0.5, 0.6) is 0 Å². The Labute approximate surface area is 165 Å². The predicted octanol–water partition coefficient (Wildman–Crippen LogP) is 2.97. The van der Waals surface area contributed by atoms with Crippen molar-refractivity contribution in [3.8, 4) is 6.07 Å². The average Bonchev–Trinajstić information content (AvgIpc) is 2.47. The number of nitrogens with zero attached hydrogens (tertiary/aromatic N) is 2. The maximum Gasteiger partial charge on any atom is 0.171 e. The highest BCUT2D eigenvalue weighted by atomic mass is 79.9. The first kappa shape index (κ1) is 23.3. The zero-order valence-electron chi connectivity index (χ0n) is 15.6. The van der Waals surface area contributed by atoms with Crippen molar-refractivity contribution in [2.24, 2.45) is 0 Å². The minimum Gasteiger partial charge on any atom is -0.598 e. The van der Waals surface area contributed by atoms with E-state index in [9.17, 15) is 22.6 Å². The molecular weight excluding hydrogens is 445 g/mol. The molecule has 6 nitrogen and oxygen atoms in total. The first-order valence-corrected chi connectivity index (χ1v) is 11.3. The van der Waals surface area contributed by atoms with Gasteiger partial charge in [0.25, 0.3) is 0 Å². The van der Waals surface area contributed by atoms with Gasteiger partial charge in [-0.1, -0.05) is 0 Å². The zero-order chi connectivity index (χ0) is 20.6. The van der Waals surface area contributed by atoms with E-state index in [2.05, 4.69) is 25.6 Å². The van der Waals surface area contributed by atoms with Crippen LogP contribution >= 0.6 is 15.9 Å². The smallest absolute Gasteiger partial charge is 0.171 e. The number of sulfone groups is 1. The van der Waals surface area contributed by atoms with E-state index >= 15 is 0 Å². The molecule has 1 unspecified atom stereocenters. The molecule has 0 aliphatic rings. The Balaban J connectivity index is 3.54. The van der Waals surface area contributed by atoms with E-state index in [0.29, 0.717) is 4.60 Å². The Morgan fingerprint density at radius 1 is 1.31 bits per heavy atom. The maximum atomic E-state index is 14.5. The molecule has 0 aromatic carbocycles. The molecule has 1 aromatic rings. The molecule has 0 fully saturated rings. The van der Waals surface area contributed by atoms with Crippen LogP contribution in [0.1, 0.15) is 47.2 Å². The van der Waals surface area contributed by atoms with Crippen LogP contribution in [0.4, 0.5) is 4.39 Å². The van der Waals surface area contributed by atoms with Crippen molar-refractivity contribution in [2.75, 3.05) is 5.75 Å². The van der Waals surface area contributed by atoms with E-state index in [0.717, 1.165) is 6.07 Å². The summed E-state index contributed by atoms with van der Waals surface area (Å²) in [6.07, 6.45) is 0. The van der Waals surface area contributed by atoms with Crippen molar-refractivity contribution in [1.29, 1.82) is 5.26 Å². The number of rotatable bonds is 6. The molecule has 1 aromatic heterocycles. The fraction of sp³-hybridized carbons (Fsp3) is 0.625. The van der Waals surface area contributed by atoms with Crippen LogP contribution in [0.25, 0.3) is 0 Å². The van der Waals surface area contributed by atoms with Crippen molar-refractivity contribution in [3.63, 3.8) is 0 Å². The number of aromatic nitrogens is 1. The number of hydrogen-bond donors (Lipinski definition) is 1. The van der Waals surface area contributed by atoms with E-state index in [4.69, 9.17) is 0 Å². The van der Waals surface area contributed by atoms with Gasteiger partial charge < -0.3 is 4.55 Å². The minimum absolute atomic E-state index is 0.193. The lowest BCUT2D eigenvalue weighted by Gasteiger charge is -2.35. The van der Waals surface area contributed by atoms with Crippen LogP contribution in [0, 0.1) is 17.1 Å². The third-order valence-corrected chi connectivity index (χ3v) is 8.53. The lowest BCUT2D eigenvalue weighted by molar-refractivity contribution is 0.418. The monoisotopic (exact) mass is 467 g/mol. The van der Waals surface area contributed by atoms with E-state index in [1.807, 2.05) is 0 Å². The van der Waals surface area contributed by atoms with Gasteiger partial charge in [-0.2, -0.15) is 5.26 Å². The molecule has 0 aliphatic carbocycles. The third kappa shape index (κ3) is 5.16. The lowest BCUT2D eigenvalue weighted by Crippen LogP contribution is -2.55. The molecule has 1 heterocycles. The Morgan fingerprint density at radius 2 is 1.85 bits per heavy atom.